The SMILES string of the molecule is CN(Cc1ccc(C#CCN)cc1)C1CCCCC1. The van der Waals surface area contributed by atoms with Crippen molar-refractivity contribution in [2.45, 2.75) is 44.7 Å². The summed E-state index contributed by atoms with van der Waals surface area (Å²) in [6.45, 7) is 1.46. The number of nitrogens with two attached hydrogens (primary N) is 1. The minimum atomic E-state index is 0.423. The first-order valence-electron chi connectivity index (χ1n) is 7.27. The molecule has 0 aliphatic heterocycles. The Hall–Kier alpha value is -1.30. The molecule has 1 aliphatic carbocycles. The highest BCUT2D eigenvalue weighted by molar-refractivity contribution is 5.36. The number of rotatable bonds is 3. The van der Waals surface area contributed by atoms with E-state index in [0.29, 0.717) is 6.54 Å². The van der Waals surface area contributed by atoms with E-state index in [0.717, 1.165) is 18.2 Å². The van der Waals surface area contributed by atoms with Gasteiger partial charge in [-0.1, -0.05) is 43.2 Å². The van der Waals surface area contributed by atoms with Crippen LogP contribution < -0.4 is 5.73 Å². The van der Waals surface area contributed by atoms with E-state index in [9.17, 15) is 0 Å². The van der Waals surface area contributed by atoms with Gasteiger partial charge in [-0.05, 0) is 37.6 Å². The molecule has 0 aromatic heterocycles. The summed E-state index contributed by atoms with van der Waals surface area (Å²) < 4.78 is 0. The predicted octanol–water partition coefficient (Wildman–Crippen LogP) is 2.76. The second-order valence-electron chi connectivity index (χ2n) is 5.41. The molecule has 2 nitrogen and oxygen atoms in total. The van der Waals surface area contributed by atoms with Crippen molar-refractivity contribution >= 4 is 0 Å². The summed E-state index contributed by atoms with van der Waals surface area (Å²) in [4.78, 5) is 2.50. The normalized spacial score (nSPS) is 16.2. The Labute approximate surface area is 117 Å². The molecule has 0 spiro atoms. The van der Waals surface area contributed by atoms with Crippen LogP contribution in [0.4, 0.5) is 0 Å². The van der Waals surface area contributed by atoms with Gasteiger partial charge in [0.15, 0.2) is 0 Å². The van der Waals surface area contributed by atoms with Crippen LogP contribution in [-0.2, 0) is 6.54 Å². The summed E-state index contributed by atoms with van der Waals surface area (Å²) in [5, 5.41) is 0. The van der Waals surface area contributed by atoms with Crippen LogP contribution in [-0.4, -0.2) is 24.5 Å². The van der Waals surface area contributed by atoms with Gasteiger partial charge in [-0.25, -0.2) is 0 Å². The van der Waals surface area contributed by atoms with Crippen molar-refractivity contribution < 1.29 is 0 Å². The van der Waals surface area contributed by atoms with E-state index in [4.69, 9.17) is 5.73 Å². The molecule has 0 bridgehead atoms. The molecule has 0 radical (unpaired) electrons. The molecule has 0 unspecified atom stereocenters. The van der Waals surface area contributed by atoms with Crippen molar-refractivity contribution in [3.8, 4) is 11.8 Å². The highest BCUT2D eigenvalue weighted by Crippen LogP contribution is 2.22. The second kappa shape index (κ2) is 7.33. The number of nitrogens with zero attached hydrogens (tertiary/aromatic N) is 1. The zero-order valence-corrected chi connectivity index (χ0v) is 11.9. The molecule has 1 aromatic rings. The number of hydrogen-bond acceptors (Lipinski definition) is 2. The molecule has 0 saturated heterocycles. The van der Waals surface area contributed by atoms with Crippen molar-refractivity contribution in [1.82, 2.24) is 4.90 Å². The maximum Gasteiger partial charge on any atom is 0.0555 e. The summed E-state index contributed by atoms with van der Waals surface area (Å²) in [5.41, 5.74) is 7.79. The van der Waals surface area contributed by atoms with Gasteiger partial charge < -0.3 is 5.73 Å². The fourth-order valence-electron chi connectivity index (χ4n) is 2.79. The average molecular weight is 256 g/mol. The average Bonchev–Trinajstić information content (AvgIpc) is 2.47. The molecule has 2 N–H and O–H groups in total. The first-order valence-corrected chi connectivity index (χ1v) is 7.27. The van der Waals surface area contributed by atoms with Gasteiger partial charge >= 0.3 is 0 Å². The van der Waals surface area contributed by atoms with E-state index in [-0.39, 0.29) is 0 Å². The third-order valence-corrected chi connectivity index (χ3v) is 3.92. The minimum Gasteiger partial charge on any atom is -0.320 e. The van der Waals surface area contributed by atoms with Crippen LogP contribution >= 0.6 is 0 Å². The van der Waals surface area contributed by atoms with Crippen molar-refractivity contribution in [1.29, 1.82) is 0 Å². The van der Waals surface area contributed by atoms with Crippen LogP contribution in [0.5, 0.6) is 0 Å². The highest BCUT2D eigenvalue weighted by Gasteiger charge is 2.17. The molecule has 2 rings (SSSR count). The first kappa shape index (κ1) is 14.1. The molecular weight excluding hydrogens is 232 g/mol. The maximum atomic E-state index is 5.37. The van der Waals surface area contributed by atoms with Crippen molar-refractivity contribution in [2.75, 3.05) is 13.6 Å². The monoisotopic (exact) mass is 256 g/mol. The van der Waals surface area contributed by atoms with E-state index in [2.05, 4.69) is 48.1 Å². The van der Waals surface area contributed by atoms with Gasteiger partial charge in [0.1, 0.15) is 0 Å². The minimum absolute atomic E-state index is 0.423. The molecule has 102 valence electrons. The zero-order valence-electron chi connectivity index (χ0n) is 11.9. The van der Waals surface area contributed by atoms with E-state index >= 15 is 0 Å². The predicted molar refractivity (Wildman–Crippen MR) is 80.7 cm³/mol. The van der Waals surface area contributed by atoms with Crippen LogP contribution in [0.15, 0.2) is 24.3 Å². The zero-order chi connectivity index (χ0) is 13.5. The summed E-state index contributed by atoms with van der Waals surface area (Å²) in [7, 11) is 2.25. The van der Waals surface area contributed by atoms with Gasteiger partial charge in [0.05, 0.1) is 6.54 Å². The van der Waals surface area contributed by atoms with E-state index < -0.39 is 0 Å². The number of benzene rings is 1. The third-order valence-electron chi connectivity index (χ3n) is 3.92. The second-order valence-corrected chi connectivity index (χ2v) is 5.41. The van der Waals surface area contributed by atoms with Crippen molar-refractivity contribution in [3.63, 3.8) is 0 Å². The quantitative estimate of drug-likeness (QED) is 0.843. The molecule has 0 atom stereocenters. The molecule has 2 heteroatoms. The Morgan fingerprint density at radius 3 is 2.47 bits per heavy atom. The molecular formula is C17H24N2. The summed E-state index contributed by atoms with van der Waals surface area (Å²) in [6.07, 6.45) is 6.91. The van der Waals surface area contributed by atoms with E-state index in [1.165, 1.54) is 37.7 Å². The van der Waals surface area contributed by atoms with Crippen LogP contribution in [0.2, 0.25) is 0 Å². The lowest BCUT2D eigenvalue weighted by atomic mass is 9.94. The van der Waals surface area contributed by atoms with Gasteiger partial charge in [-0.15, -0.1) is 0 Å². The fraction of sp³-hybridized carbons (Fsp3) is 0.529. The van der Waals surface area contributed by atoms with Crippen LogP contribution in [0.3, 0.4) is 0 Å². The molecule has 1 aromatic carbocycles. The Bertz CT molecular complexity index is 433. The molecule has 1 fully saturated rings. The summed E-state index contributed by atoms with van der Waals surface area (Å²) in [5.74, 6) is 5.94. The Morgan fingerprint density at radius 2 is 1.84 bits per heavy atom. The summed E-state index contributed by atoms with van der Waals surface area (Å²) >= 11 is 0. The molecule has 0 amide bonds. The molecule has 1 saturated carbocycles. The van der Waals surface area contributed by atoms with E-state index in [1.54, 1.807) is 0 Å². The smallest absolute Gasteiger partial charge is 0.0555 e. The summed E-state index contributed by atoms with van der Waals surface area (Å²) in [6, 6.07) is 9.31. The highest BCUT2D eigenvalue weighted by atomic mass is 15.1. The van der Waals surface area contributed by atoms with Gasteiger partial charge in [0.25, 0.3) is 0 Å². The lowest BCUT2D eigenvalue weighted by molar-refractivity contribution is 0.184. The molecule has 19 heavy (non-hydrogen) atoms. The van der Waals surface area contributed by atoms with Crippen LogP contribution in [0.25, 0.3) is 0 Å². The number of hydrogen-bond donors (Lipinski definition) is 1. The van der Waals surface area contributed by atoms with Crippen molar-refractivity contribution in [2.24, 2.45) is 5.73 Å². The van der Waals surface area contributed by atoms with Gasteiger partial charge in [-0.2, -0.15) is 0 Å². The van der Waals surface area contributed by atoms with Crippen molar-refractivity contribution in [3.05, 3.63) is 35.4 Å². The van der Waals surface area contributed by atoms with Gasteiger partial charge in [0.2, 0.25) is 0 Å². The first-order chi connectivity index (χ1) is 9.29. The van der Waals surface area contributed by atoms with E-state index in [1.807, 2.05) is 0 Å². The van der Waals surface area contributed by atoms with Gasteiger partial charge in [0, 0.05) is 18.2 Å². The Kier molecular flexibility index (Phi) is 5.44. The lowest BCUT2D eigenvalue weighted by Crippen LogP contribution is -2.32. The van der Waals surface area contributed by atoms with Gasteiger partial charge in [-0.3, -0.25) is 4.90 Å². The Morgan fingerprint density at radius 1 is 1.16 bits per heavy atom. The maximum absolute atomic E-state index is 5.37. The molecule has 0 heterocycles. The fourth-order valence-corrected chi connectivity index (χ4v) is 2.79. The third kappa shape index (κ3) is 4.38. The lowest BCUT2D eigenvalue weighted by Gasteiger charge is -2.31. The standard InChI is InChI=1S/C17H24N2/c1-19(17-7-3-2-4-8-17)14-16-11-9-15(10-12-16)6-5-13-18/h9-12,17H,2-4,7-8,13-14,18H2,1H3. The van der Waals surface area contributed by atoms with Crippen LogP contribution in [0.1, 0.15) is 43.2 Å². The Balaban J connectivity index is 1.91. The largest absolute Gasteiger partial charge is 0.320 e. The molecule has 1 aliphatic rings. The van der Waals surface area contributed by atoms with Crippen LogP contribution in [0, 0.1) is 11.8 Å². The topological polar surface area (TPSA) is 29.3 Å².